The number of halogens is 1. The average molecular weight is 238 g/mol. The molecule has 0 heterocycles. The molecular weight excluding hydrogens is 230 g/mol. The summed E-state index contributed by atoms with van der Waals surface area (Å²) in [5.41, 5.74) is 1.24. The van der Waals surface area contributed by atoms with E-state index in [1.807, 2.05) is 18.2 Å². The van der Waals surface area contributed by atoms with Crippen LogP contribution in [0.25, 0.3) is 0 Å². The van der Waals surface area contributed by atoms with Gasteiger partial charge >= 0.3 is 0 Å². The number of hydrogen-bond acceptors (Lipinski definition) is 2. The third kappa shape index (κ3) is 1.71. The van der Waals surface area contributed by atoms with E-state index in [0.29, 0.717) is 5.92 Å². The van der Waals surface area contributed by atoms with Crippen LogP contribution < -0.4 is 0 Å². The van der Waals surface area contributed by atoms with Crippen LogP contribution in [-0.4, -0.2) is 12.1 Å². The van der Waals surface area contributed by atoms with E-state index in [4.69, 9.17) is 0 Å². The van der Waals surface area contributed by atoms with Crippen LogP contribution in [-0.2, 0) is 4.79 Å². The van der Waals surface area contributed by atoms with Crippen molar-refractivity contribution in [1.29, 1.82) is 0 Å². The van der Waals surface area contributed by atoms with Gasteiger partial charge in [-0.3, -0.25) is 0 Å². The number of carbonyl (C=O) groups excluding carboxylic acids is 1. The van der Waals surface area contributed by atoms with Crippen LogP contribution in [0.2, 0.25) is 0 Å². The molecule has 0 unspecified atom stereocenters. The van der Waals surface area contributed by atoms with E-state index in [-0.39, 0.29) is 6.04 Å². The number of aliphatic imine (C=N–C) groups is 1. The molecule has 1 aliphatic carbocycles. The van der Waals surface area contributed by atoms with Gasteiger partial charge in [0.1, 0.15) is 0 Å². The van der Waals surface area contributed by atoms with Crippen LogP contribution in [0.15, 0.2) is 33.7 Å². The van der Waals surface area contributed by atoms with Crippen molar-refractivity contribution in [1.82, 2.24) is 0 Å². The van der Waals surface area contributed by atoms with Gasteiger partial charge in [0, 0.05) is 10.4 Å². The van der Waals surface area contributed by atoms with E-state index >= 15 is 0 Å². The first-order valence-corrected chi connectivity index (χ1v) is 4.93. The Kier molecular flexibility index (Phi) is 2.30. The molecule has 3 heteroatoms. The van der Waals surface area contributed by atoms with Crippen molar-refractivity contribution in [2.24, 2.45) is 4.99 Å². The highest BCUT2D eigenvalue weighted by molar-refractivity contribution is 9.10. The molecule has 1 aromatic rings. The quantitative estimate of drug-likeness (QED) is 0.575. The van der Waals surface area contributed by atoms with Crippen molar-refractivity contribution in [2.45, 2.75) is 18.4 Å². The van der Waals surface area contributed by atoms with Crippen LogP contribution in [0, 0.1) is 0 Å². The summed E-state index contributed by atoms with van der Waals surface area (Å²) in [5.74, 6) is 0.414. The molecule has 0 radical (unpaired) electrons. The molecule has 66 valence electrons. The minimum atomic E-state index is 0.163. The van der Waals surface area contributed by atoms with Crippen molar-refractivity contribution in [3.8, 4) is 0 Å². The standard InChI is InChI=1S/C10H8BrNO/c11-9-4-2-1-3-7(9)8-5-10(8)12-6-13/h1-4,8,10H,5H2/t8-,10+/m0/s1. The van der Waals surface area contributed by atoms with E-state index in [1.54, 1.807) is 6.08 Å². The lowest BCUT2D eigenvalue weighted by Gasteiger charge is -1.99. The van der Waals surface area contributed by atoms with Gasteiger partial charge in [-0.25, -0.2) is 9.79 Å². The number of hydrogen-bond donors (Lipinski definition) is 0. The van der Waals surface area contributed by atoms with Gasteiger partial charge in [0.15, 0.2) is 0 Å². The molecule has 0 spiro atoms. The molecule has 0 amide bonds. The van der Waals surface area contributed by atoms with Crippen molar-refractivity contribution in [3.63, 3.8) is 0 Å². The van der Waals surface area contributed by atoms with Crippen LogP contribution in [0.4, 0.5) is 0 Å². The van der Waals surface area contributed by atoms with Crippen molar-refractivity contribution in [2.75, 3.05) is 0 Å². The first-order valence-electron chi connectivity index (χ1n) is 4.14. The highest BCUT2D eigenvalue weighted by Crippen LogP contribution is 2.45. The van der Waals surface area contributed by atoms with Crippen LogP contribution in [0.5, 0.6) is 0 Å². The summed E-state index contributed by atoms with van der Waals surface area (Å²) in [5, 5.41) is 0. The van der Waals surface area contributed by atoms with Crippen LogP contribution in [0.1, 0.15) is 17.9 Å². The Hall–Kier alpha value is -0.920. The second-order valence-corrected chi connectivity index (χ2v) is 4.01. The molecule has 0 saturated heterocycles. The number of nitrogens with zero attached hydrogens (tertiary/aromatic N) is 1. The van der Waals surface area contributed by atoms with E-state index in [2.05, 4.69) is 27.0 Å². The van der Waals surface area contributed by atoms with E-state index < -0.39 is 0 Å². The Bertz CT molecular complexity index is 371. The second-order valence-electron chi connectivity index (χ2n) is 3.15. The molecule has 0 aliphatic heterocycles. The minimum absolute atomic E-state index is 0.163. The SMILES string of the molecule is O=C=N[C@@H]1C[C@H]1c1ccccc1Br. The highest BCUT2D eigenvalue weighted by atomic mass is 79.9. The summed E-state index contributed by atoms with van der Waals surface area (Å²) in [6, 6.07) is 8.22. The third-order valence-corrected chi connectivity index (χ3v) is 3.00. The molecule has 1 fully saturated rings. The summed E-state index contributed by atoms with van der Waals surface area (Å²) < 4.78 is 1.10. The van der Waals surface area contributed by atoms with Gasteiger partial charge in [0.05, 0.1) is 6.04 Å². The third-order valence-electron chi connectivity index (χ3n) is 2.28. The zero-order valence-electron chi connectivity index (χ0n) is 6.90. The van der Waals surface area contributed by atoms with Gasteiger partial charge in [-0.15, -0.1) is 0 Å². The Labute approximate surface area is 84.8 Å². The zero-order valence-corrected chi connectivity index (χ0v) is 8.49. The summed E-state index contributed by atoms with van der Waals surface area (Å²) >= 11 is 3.48. The summed E-state index contributed by atoms with van der Waals surface area (Å²) in [7, 11) is 0. The first kappa shape index (κ1) is 8.67. The van der Waals surface area contributed by atoms with E-state index in [9.17, 15) is 4.79 Å². The van der Waals surface area contributed by atoms with Crippen molar-refractivity contribution >= 4 is 22.0 Å². The summed E-state index contributed by atoms with van der Waals surface area (Å²) in [6.07, 6.45) is 2.58. The molecule has 1 saturated carbocycles. The first-order chi connectivity index (χ1) is 6.33. The number of rotatable bonds is 2. The Morgan fingerprint density at radius 3 is 2.92 bits per heavy atom. The molecule has 0 aromatic heterocycles. The van der Waals surface area contributed by atoms with Gasteiger partial charge in [-0.1, -0.05) is 34.1 Å². The zero-order chi connectivity index (χ0) is 9.26. The van der Waals surface area contributed by atoms with E-state index in [1.165, 1.54) is 5.56 Å². The summed E-state index contributed by atoms with van der Waals surface area (Å²) in [6.45, 7) is 0. The second kappa shape index (κ2) is 3.44. The molecule has 1 aromatic carbocycles. The molecule has 2 nitrogen and oxygen atoms in total. The monoisotopic (exact) mass is 237 g/mol. The fourth-order valence-electron chi connectivity index (χ4n) is 1.50. The van der Waals surface area contributed by atoms with Crippen molar-refractivity contribution in [3.05, 3.63) is 34.3 Å². The molecule has 1 aliphatic rings. The van der Waals surface area contributed by atoms with Crippen molar-refractivity contribution < 1.29 is 4.79 Å². The Balaban J connectivity index is 2.20. The smallest absolute Gasteiger partial charge is 0.211 e. The topological polar surface area (TPSA) is 29.4 Å². The van der Waals surface area contributed by atoms with Gasteiger partial charge in [-0.2, -0.15) is 0 Å². The fraction of sp³-hybridized carbons (Fsp3) is 0.300. The normalized spacial score (nSPS) is 25.0. The van der Waals surface area contributed by atoms with E-state index in [0.717, 1.165) is 10.9 Å². The molecule has 13 heavy (non-hydrogen) atoms. The lowest BCUT2D eigenvalue weighted by molar-refractivity contribution is 0.562. The maximum atomic E-state index is 10.0. The van der Waals surface area contributed by atoms with Gasteiger partial charge < -0.3 is 0 Å². The fourth-order valence-corrected chi connectivity index (χ4v) is 2.08. The van der Waals surface area contributed by atoms with Gasteiger partial charge in [0.25, 0.3) is 0 Å². The maximum Gasteiger partial charge on any atom is 0.235 e. The lowest BCUT2D eigenvalue weighted by Crippen LogP contribution is -1.85. The predicted molar refractivity (Wildman–Crippen MR) is 53.4 cm³/mol. The Morgan fingerprint density at radius 2 is 2.23 bits per heavy atom. The lowest BCUT2D eigenvalue weighted by atomic mass is 10.1. The number of isocyanates is 1. The van der Waals surface area contributed by atoms with Crippen LogP contribution in [0.3, 0.4) is 0 Å². The van der Waals surface area contributed by atoms with Crippen LogP contribution >= 0.6 is 15.9 Å². The molecular formula is C10H8BrNO. The largest absolute Gasteiger partial charge is 0.235 e. The van der Waals surface area contributed by atoms with Gasteiger partial charge in [0.2, 0.25) is 6.08 Å². The molecule has 0 bridgehead atoms. The highest BCUT2D eigenvalue weighted by Gasteiger charge is 2.39. The number of benzene rings is 1. The van der Waals surface area contributed by atoms with Gasteiger partial charge in [-0.05, 0) is 18.1 Å². The average Bonchev–Trinajstić information content (AvgIpc) is 2.86. The molecule has 2 rings (SSSR count). The minimum Gasteiger partial charge on any atom is -0.211 e. The summed E-state index contributed by atoms with van der Waals surface area (Å²) in [4.78, 5) is 13.7. The predicted octanol–water partition coefficient (Wildman–Crippen LogP) is 2.64. The molecule has 0 N–H and O–H groups in total. The maximum absolute atomic E-state index is 10.0. The Morgan fingerprint density at radius 1 is 1.46 bits per heavy atom. The molecule has 2 atom stereocenters.